The molecule has 0 bridgehead atoms. The summed E-state index contributed by atoms with van der Waals surface area (Å²) in [6.45, 7) is 0. The summed E-state index contributed by atoms with van der Waals surface area (Å²) in [5, 5.41) is 43.2. The van der Waals surface area contributed by atoms with Crippen molar-refractivity contribution in [1.29, 1.82) is 0 Å². The van der Waals surface area contributed by atoms with Gasteiger partial charge in [0, 0.05) is 23.1 Å². The van der Waals surface area contributed by atoms with E-state index >= 15 is 0 Å². The van der Waals surface area contributed by atoms with Gasteiger partial charge in [0.25, 0.3) is 5.91 Å². The summed E-state index contributed by atoms with van der Waals surface area (Å²) >= 11 is 0. The van der Waals surface area contributed by atoms with Crippen molar-refractivity contribution in [3.63, 3.8) is 0 Å². The summed E-state index contributed by atoms with van der Waals surface area (Å²) in [5.74, 6) is -8.79. The van der Waals surface area contributed by atoms with Gasteiger partial charge >= 0.3 is 0 Å². The second kappa shape index (κ2) is 6.78. The molecule has 3 aliphatic rings. The molecule has 1 saturated carbocycles. The lowest BCUT2D eigenvalue weighted by Crippen LogP contribution is -2.65. The van der Waals surface area contributed by atoms with Crippen molar-refractivity contribution in [2.75, 3.05) is 19.8 Å². The van der Waals surface area contributed by atoms with E-state index in [1.54, 1.807) is 0 Å². The van der Waals surface area contributed by atoms with Crippen molar-refractivity contribution in [2.45, 2.75) is 24.5 Å². The van der Waals surface area contributed by atoms with Gasteiger partial charge in [0.2, 0.25) is 5.78 Å². The molecule has 1 aromatic carbocycles. The van der Waals surface area contributed by atoms with Gasteiger partial charge in [-0.05, 0) is 32.9 Å². The number of aromatic hydroxyl groups is 1. The number of carbonyl (C=O) groups excluding carboxylic acids is 3. The van der Waals surface area contributed by atoms with E-state index in [4.69, 9.17) is 11.5 Å². The van der Waals surface area contributed by atoms with Crippen LogP contribution in [0.4, 0.5) is 10.1 Å². The molecule has 32 heavy (non-hydrogen) atoms. The number of phenolic OH excluding ortho intramolecular Hbond substituents is 1. The highest BCUT2D eigenvalue weighted by molar-refractivity contribution is 6.24. The van der Waals surface area contributed by atoms with E-state index in [-0.39, 0.29) is 35.2 Å². The third kappa shape index (κ3) is 2.55. The molecule has 8 N–H and O–H groups in total. The third-order valence-electron chi connectivity index (χ3n) is 6.70. The minimum Gasteiger partial charge on any atom is -0.508 e. The van der Waals surface area contributed by atoms with Crippen molar-refractivity contribution < 1.29 is 39.2 Å². The van der Waals surface area contributed by atoms with Gasteiger partial charge in [0.15, 0.2) is 11.4 Å². The third-order valence-corrected chi connectivity index (χ3v) is 6.70. The Bertz CT molecular complexity index is 1170. The van der Waals surface area contributed by atoms with Gasteiger partial charge in [-0.2, -0.15) is 0 Å². The zero-order valence-electron chi connectivity index (χ0n) is 17.2. The maximum absolute atomic E-state index is 14.6. The summed E-state index contributed by atoms with van der Waals surface area (Å²) in [4.78, 5) is 39.7. The van der Waals surface area contributed by atoms with Gasteiger partial charge in [0.1, 0.15) is 28.7 Å². The number of primary amides is 1. The Morgan fingerprint density at radius 2 is 1.88 bits per heavy atom. The lowest BCUT2D eigenvalue weighted by Gasteiger charge is -2.50. The van der Waals surface area contributed by atoms with E-state index in [9.17, 15) is 39.2 Å². The fourth-order valence-electron chi connectivity index (χ4n) is 5.29. The van der Waals surface area contributed by atoms with Crippen molar-refractivity contribution >= 4 is 28.9 Å². The maximum atomic E-state index is 14.6. The van der Waals surface area contributed by atoms with E-state index in [1.807, 2.05) is 0 Å². The summed E-state index contributed by atoms with van der Waals surface area (Å²) in [7, 11) is 2.99. The average molecular weight is 447 g/mol. The van der Waals surface area contributed by atoms with Crippen LogP contribution in [0, 0.1) is 17.7 Å². The van der Waals surface area contributed by atoms with E-state index in [0.717, 1.165) is 6.07 Å². The monoisotopic (exact) mass is 447 g/mol. The molecule has 0 aromatic heterocycles. The molecular formula is C21H22FN3O7. The molecule has 1 amide bonds. The number of rotatable bonds is 2. The first-order chi connectivity index (χ1) is 14.8. The van der Waals surface area contributed by atoms with Crippen molar-refractivity contribution in [3.05, 3.63) is 39.9 Å². The van der Waals surface area contributed by atoms with E-state index in [1.165, 1.54) is 19.0 Å². The number of carbonyl (C=O) groups is 3. The van der Waals surface area contributed by atoms with Crippen LogP contribution >= 0.6 is 0 Å². The number of anilines is 1. The number of Topliss-reactive ketones (excluding diaryl/α,β-unsaturated/α-hetero) is 2. The molecular weight excluding hydrogens is 425 g/mol. The maximum Gasteiger partial charge on any atom is 0.255 e. The molecule has 3 aliphatic carbocycles. The number of nitrogens with two attached hydrogens (primary N) is 2. The molecule has 0 heterocycles. The first-order valence-electron chi connectivity index (χ1n) is 9.78. The van der Waals surface area contributed by atoms with Gasteiger partial charge in [-0.3, -0.25) is 19.3 Å². The highest BCUT2D eigenvalue weighted by atomic mass is 19.1. The van der Waals surface area contributed by atoms with Crippen molar-refractivity contribution in [1.82, 2.24) is 4.90 Å². The molecule has 0 spiro atoms. The fourth-order valence-corrected chi connectivity index (χ4v) is 5.29. The van der Waals surface area contributed by atoms with Crippen LogP contribution < -0.4 is 11.5 Å². The van der Waals surface area contributed by atoms with Gasteiger partial charge in [-0.1, -0.05) is 0 Å². The van der Waals surface area contributed by atoms with Gasteiger partial charge in [0.05, 0.1) is 17.3 Å². The minimum absolute atomic E-state index is 0.0673. The molecule has 2 unspecified atom stereocenters. The summed E-state index contributed by atoms with van der Waals surface area (Å²) in [6, 6.07) is -0.300. The predicted molar refractivity (Wildman–Crippen MR) is 109 cm³/mol. The van der Waals surface area contributed by atoms with E-state index in [0.29, 0.717) is 0 Å². The molecule has 0 radical (unpaired) electrons. The number of aliphatic hydroxyl groups excluding tert-OH is 2. The first kappa shape index (κ1) is 21.8. The number of nitrogen functional groups attached to an aromatic ring is 1. The molecule has 170 valence electrons. The average Bonchev–Trinajstić information content (AvgIpc) is 2.68. The number of benzene rings is 1. The second-order valence-corrected chi connectivity index (χ2v) is 8.61. The molecule has 0 saturated heterocycles. The van der Waals surface area contributed by atoms with E-state index < -0.39 is 69.6 Å². The number of halogens is 1. The lowest BCUT2D eigenvalue weighted by molar-refractivity contribution is -0.153. The highest BCUT2D eigenvalue weighted by Gasteiger charge is 2.64. The van der Waals surface area contributed by atoms with Crippen molar-refractivity contribution in [2.24, 2.45) is 17.6 Å². The number of fused-ring (bicyclic) bond motifs is 3. The Labute approximate surface area is 181 Å². The topological polar surface area (TPSA) is 187 Å². The number of aliphatic hydroxyl groups is 3. The smallest absolute Gasteiger partial charge is 0.255 e. The number of ketones is 2. The predicted octanol–water partition coefficient (Wildman–Crippen LogP) is -0.315. The molecule has 0 aliphatic heterocycles. The van der Waals surface area contributed by atoms with Crippen LogP contribution in [0.25, 0.3) is 5.76 Å². The van der Waals surface area contributed by atoms with Crippen LogP contribution in [0.3, 0.4) is 0 Å². The molecule has 11 heteroatoms. The minimum atomic E-state index is -2.74. The molecule has 4 rings (SSSR count). The number of phenols is 1. The van der Waals surface area contributed by atoms with Crippen LogP contribution in [0.15, 0.2) is 23.0 Å². The van der Waals surface area contributed by atoms with Gasteiger partial charge < -0.3 is 31.9 Å². The molecule has 1 aromatic rings. The Kier molecular flexibility index (Phi) is 4.61. The standard InChI is InChI=1S/C21H22FN3O7/c1-25(2)14-8-4-6-3-7-9(22)5-10(23)15(26)12(7)16(27)11(6)18(29)21(8,32)19(30)13(17(14)28)20(24)31/h5-6,8,14,26-27,30,32H,3-4,23H2,1-2H3,(H2,24,31)/t6?,8?,14-,21-/m0/s1. The lowest BCUT2D eigenvalue weighted by atomic mass is 9.57. The Hall–Kier alpha value is -3.44. The molecule has 1 fully saturated rings. The molecule has 10 nitrogen and oxygen atoms in total. The number of likely N-dealkylation sites (N-methyl/N-ethyl adjacent to an activating group) is 1. The van der Waals surface area contributed by atoms with Crippen LogP contribution in [0.2, 0.25) is 0 Å². The number of nitrogens with zero attached hydrogens (tertiary/aromatic N) is 1. The van der Waals surface area contributed by atoms with Crippen molar-refractivity contribution in [3.8, 4) is 5.75 Å². The first-order valence-corrected chi connectivity index (χ1v) is 9.78. The van der Waals surface area contributed by atoms with Gasteiger partial charge in [-0.15, -0.1) is 0 Å². The number of hydrogen-bond donors (Lipinski definition) is 6. The Balaban J connectivity index is 2.00. The fraction of sp³-hybridized carbons (Fsp3) is 0.381. The SMILES string of the molecule is CN(C)[C@@H]1C(=O)C(C(N)=O)=C(O)[C@@]2(O)C(=O)C3=C(O)c4c(O)c(N)cc(F)c4CC3CC12. The largest absolute Gasteiger partial charge is 0.508 e. The highest BCUT2D eigenvalue weighted by Crippen LogP contribution is 2.53. The van der Waals surface area contributed by atoms with Crippen LogP contribution in [-0.4, -0.2) is 68.5 Å². The van der Waals surface area contributed by atoms with Crippen LogP contribution in [-0.2, 0) is 20.8 Å². The quantitative estimate of drug-likeness (QED) is 0.201. The Morgan fingerprint density at radius 3 is 2.44 bits per heavy atom. The Morgan fingerprint density at radius 1 is 1.25 bits per heavy atom. The summed E-state index contributed by atoms with van der Waals surface area (Å²) in [6.07, 6.45) is -0.245. The van der Waals surface area contributed by atoms with Gasteiger partial charge in [-0.25, -0.2) is 4.39 Å². The number of amides is 1. The molecule has 4 atom stereocenters. The summed E-state index contributed by atoms with van der Waals surface area (Å²) in [5.41, 5.74) is 6.02. The number of hydrogen-bond acceptors (Lipinski definition) is 9. The summed E-state index contributed by atoms with van der Waals surface area (Å²) < 4.78 is 14.6. The normalized spacial score (nSPS) is 29.7. The zero-order valence-corrected chi connectivity index (χ0v) is 17.2. The van der Waals surface area contributed by atoms with E-state index in [2.05, 4.69) is 0 Å². The second-order valence-electron chi connectivity index (χ2n) is 8.61. The van der Waals surface area contributed by atoms with Crippen LogP contribution in [0.5, 0.6) is 5.75 Å². The zero-order chi connectivity index (χ0) is 23.9. The van der Waals surface area contributed by atoms with Crippen LogP contribution in [0.1, 0.15) is 17.5 Å².